The molecule has 0 N–H and O–H groups in total. The Morgan fingerprint density at radius 2 is 1.89 bits per heavy atom. The number of carbonyl (C=O) groups excluding carboxylic acids is 1. The number of carbonyl (C=O) groups is 1. The normalized spacial score (nSPS) is 19.8. The third-order valence-electron chi connectivity index (χ3n) is 3.73. The third kappa shape index (κ3) is 2.99. The number of rotatable bonds is 3. The Labute approximate surface area is 109 Å². The van der Waals surface area contributed by atoms with Gasteiger partial charge in [-0.2, -0.15) is 0 Å². The number of Topliss-reactive ketones (excluding diaryl/α,β-unsaturated/α-hetero) is 1. The van der Waals surface area contributed by atoms with Crippen molar-refractivity contribution in [3.63, 3.8) is 0 Å². The van der Waals surface area contributed by atoms with Crippen LogP contribution in [0.5, 0.6) is 0 Å². The topological polar surface area (TPSA) is 26.3 Å². The highest BCUT2D eigenvalue weighted by Crippen LogP contribution is 2.20. The molecule has 1 saturated heterocycles. The summed E-state index contributed by atoms with van der Waals surface area (Å²) in [6, 6.07) is 4.30. The summed E-state index contributed by atoms with van der Waals surface area (Å²) in [5.41, 5.74) is 4.88. The van der Waals surface area contributed by atoms with E-state index in [1.165, 1.54) is 22.3 Å². The van der Waals surface area contributed by atoms with Crippen LogP contribution in [-0.2, 0) is 16.0 Å². The van der Waals surface area contributed by atoms with Gasteiger partial charge in [0.2, 0.25) is 0 Å². The Morgan fingerprint density at radius 1 is 1.22 bits per heavy atom. The molecular weight excluding hydrogens is 224 g/mol. The molecule has 2 nitrogen and oxygen atoms in total. The molecule has 0 amide bonds. The number of benzene rings is 1. The molecule has 0 saturated carbocycles. The van der Waals surface area contributed by atoms with E-state index in [9.17, 15) is 4.79 Å². The lowest BCUT2D eigenvalue weighted by Crippen LogP contribution is -2.29. The van der Waals surface area contributed by atoms with Crippen molar-refractivity contribution >= 4 is 5.78 Å². The van der Waals surface area contributed by atoms with Gasteiger partial charge < -0.3 is 4.74 Å². The molecule has 0 bridgehead atoms. The van der Waals surface area contributed by atoms with Gasteiger partial charge in [-0.25, -0.2) is 0 Å². The van der Waals surface area contributed by atoms with Crippen molar-refractivity contribution in [2.45, 2.75) is 52.6 Å². The maximum atomic E-state index is 12.2. The summed E-state index contributed by atoms with van der Waals surface area (Å²) in [7, 11) is 0. The second-order valence-electron chi connectivity index (χ2n) is 5.38. The molecule has 1 aromatic rings. The summed E-state index contributed by atoms with van der Waals surface area (Å²) in [6.45, 7) is 7.01. The first-order valence-electron chi connectivity index (χ1n) is 6.79. The largest absolute Gasteiger partial charge is 0.370 e. The smallest absolute Gasteiger partial charge is 0.165 e. The van der Waals surface area contributed by atoms with E-state index < -0.39 is 0 Å². The van der Waals surface area contributed by atoms with Gasteiger partial charge in [-0.1, -0.05) is 17.7 Å². The molecule has 2 heteroatoms. The molecule has 1 aromatic carbocycles. The first-order valence-corrected chi connectivity index (χ1v) is 6.79. The zero-order valence-corrected chi connectivity index (χ0v) is 11.6. The molecule has 1 unspecified atom stereocenters. The molecule has 1 aliphatic heterocycles. The number of aryl methyl sites for hydroxylation is 3. The highest BCUT2D eigenvalue weighted by Gasteiger charge is 2.22. The Balaban J connectivity index is 2.11. The van der Waals surface area contributed by atoms with Gasteiger partial charge in [-0.3, -0.25) is 4.79 Å². The van der Waals surface area contributed by atoms with Gasteiger partial charge in [0, 0.05) is 13.0 Å². The predicted molar refractivity (Wildman–Crippen MR) is 73.0 cm³/mol. The first kappa shape index (κ1) is 13.3. The number of ketones is 1. The fourth-order valence-electron chi connectivity index (χ4n) is 2.77. The monoisotopic (exact) mass is 246 g/mol. The Kier molecular flexibility index (Phi) is 4.18. The van der Waals surface area contributed by atoms with Gasteiger partial charge in [0.15, 0.2) is 5.78 Å². The molecule has 0 spiro atoms. The van der Waals surface area contributed by atoms with Crippen molar-refractivity contribution in [2.75, 3.05) is 6.61 Å². The molecule has 1 heterocycles. The molecule has 2 rings (SSSR count). The lowest BCUT2D eigenvalue weighted by atomic mass is 9.93. The zero-order valence-electron chi connectivity index (χ0n) is 11.6. The van der Waals surface area contributed by atoms with Crippen molar-refractivity contribution < 1.29 is 9.53 Å². The van der Waals surface area contributed by atoms with E-state index in [0.29, 0.717) is 6.42 Å². The first-order chi connectivity index (χ1) is 8.58. The zero-order chi connectivity index (χ0) is 13.1. The lowest BCUT2D eigenvalue weighted by Gasteiger charge is -2.22. The van der Waals surface area contributed by atoms with E-state index >= 15 is 0 Å². The van der Waals surface area contributed by atoms with Crippen molar-refractivity contribution in [2.24, 2.45) is 0 Å². The average Bonchev–Trinajstić information content (AvgIpc) is 2.34. The lowest BCUT2D eigenvalue weighted by molar-refractivity contribution is -0.132. The van der Waals surface area contributed by atoms with Gasteiger partial charge in [-0.15, -0.1) is 0 Å². The minimum atomic E-state index is -0.168. The number of ether oxygens (including phenoxy) is 1. The van der Waals surface area contributed by atoms with Crippen molar-refractivity contribution in [3.8, 4) is 0 Å². The molecule has 18 heavy (non-hydrogen) atoms. The van der Waals surface area contributed by atoms with Gasteiger partial charge in [0.25, 0.3) is 0 Å². The Morgan fingerprint density at radius 3 is 2.44 bits per heavy atom. The summed E-state index contributed by atoms with van der Waals surface area (Å²) < 4.78 is 5.57. The fourth-order valence-corrected chi connectivity index (χ4v) is 2.77. The van der Waals surface area contributed by atoms with Gasteiger partial charge >= 0.3 is 0 Å². The summed E-state index contributed by atoms with van der Waals surface area (Å²) in [6.07, 6.45) is 3.44. The van der Waals surface area contributed by atoms with E-state index in [1.54, 1.807) is 0 Å². The van der Waals surface area contributed by atoms with Crippen molar-refractivity contribution in [3.05, 3.63) is 34.4 Å². The highest BCUT2D eigenvalue weighted by molar-refractivity contribution is 5.85. The van der Waals surface area contributed by atoms with Gasteiger partial charge in [0.1, 0.15) is 6.10 Å². The average molecular weight is 246 g/mol. The molecule has 0 aromatic heterocycles. The quantitative estimate of drug-likeness (QED) is 0.818. The van der Waals surface area contributed by atoms with E-state index in [2.05, 4.69) is 32.9 Å². The van der Waals surface area contributed by atoms with E-state index in [0.717, 1.165) is 25.9 Å². The van der Waals surface area contributed by atoms with Crippen molar-refractivity contribution in [1.82, 2.24) is 0 Å². The van der Waals surface area contributed by atoms with Crippen LogP contribution in [0.2, 0.25) is 0 Å². The number of hydrogen-bond acceptors (Lipinski definition) is 2. The molecule has 0 radical (unpaired) electrons. The second-order valence-corrected chi connectivity index (χ2v) is 5.38. The van der Waals surface area contributed by atoms with Crippen LogP contribution < -0.4 is 0 Å². The maximum absolute atomic E-state index is 12.2. The third-order valence-corrected chi connectivity index (χ3v) is 3.73. The highest BCUT2D eigenvalue weighted by atomic mass is 16.5. The summed E-state index contributed by atoms with van der Waals surface area (Å²) >= 11 is 0. The fraction of sp³-hybridized carbons (Fsp3) is 0.562. The van der Waals surface area contributed by atoms with Crippen LogP contribution in [0.25, 0.3) is 0 Å². The minimum Gasteiger partial charge on any atom is -0.370 e. The molecular formula is C16H22O2. The second kappa shape index (κ2) is 5.66. The standard InChI is InChI=1S/C16H22O2/c1-11-8-12(2)14(13(3)9-11)10-15(17)16-6-4-5-7-18-16/h8-9,16H,4-7,10H2,1-3H3. The molecule has 98 valence electrons. The van der Waals surface area contributed by atoms with Crippen LogP contribution in [0, 0.1) is 20.8 Å². The molecule has 0 aliphatic carbocycles. The molecule has 1 fully saturated rings. The minimum absolute atomic E-state index is 0.168. The van der Waals surface area contributed by atoms with Crippen LogP contribution in [0.15, 0.2) is 12.1 Å². The SMILES string of the molecule is Cc1cc(C)c(CC(=O)C2CCCCO2)c(C)c1. The van der Waals surface area contributed by atoms with Crippen LogP contribution in [0.1, 0.15) is 41.5 Å². The van der Waals surface area contributed by atoms with E-state index in [4.69, 9.17) is 4.74 Å². The van der Waals surface area contributed by atoms with Gasteiger partial charge in [0.05, 0.1) is 0 Å². The van der Waals surface area contributed by atoms with Gasteiger partial charge in [-0.05, 0) is 56.7 Å². The maximum Gasteiger partial charge on any atom is 0.165 e. The summed E-state index contributed by atoms with van der Waals surface area (Å²) in [4.78, 5) is 12.2. The van der Waals surface area contributed by atoms with E-state index in [-0.39, 0.29) is 11.9 Å². The van der Waals surface area contributed by atoms with Crippen LogP contribution in [0.4, 0.5) is 0 Å². The Bertz CT molecular complexity index is 419. The summed E-state index contributed by atoms with van der Waals surface area (Å²) in [5.74, 6) is 0.241. The van der Waals surface area contributed by atoms with Crippen LogP contribution >= 0.6 is 0 Å². The van der Waals surface area contributed by atoms with Crippen LogP contribution in [-0.4, -0.2) is 18.5 Å². The number of hydrogen-bond donors (Lipinski definition) is 0. The Hall–Kier alpha value is -1.15. The van der Waals surface area contributed by atoms with E-state index in [1.807, 2.05) is 0 Å². The van der Waals surface area contributed by atoms with Crippen molar-refractivity contribution in [1.29, 1.82) is 0 Å². The molecule has 1 atom stereocenters. The molecule has 1 aliphatic rings. The van der Waals surface area contributed by atoms with Crippen LogP contribution in [0.3, 0.4) is 0 Å². The summed E-state index contributed by atoms with van der Waals surface area (Å²) in [5, 5.41) is 0. The predicted octanol–water partition coefficient (Wildman–Crippen LogP) is 3.29.